The molecule has 0 bridgehead atoms. The Bertz CT molecular complexity index is 801. The summed E-state index contributed by atoms with van der Waals surface area (Å²) in [6.45, 7) is 9.29. The fourth-order valence-corrected chi connectivity index (χ4v) is 3.43. The molecule has 28 heavy (non-hydrogen) atoms. The van der Waals surface area contributed by atoms with Crippen molar-refractivity contribution in [1.82, 2.24) is 4.90 Å². The number of aryl methyl sites for hydroxylation is 2. The number of rotatable bonds is 6. The largest absolute Gasteiger partial charge is 0.495 e. The Kier molecular flexibility index (Phi) is 6.76. The van der Waals surface area contributed by atoms with Crippen molar-refractivity contribution in [1.29, 1.82) is 0 Å². The lowest BCUT2D eigenvalue weighted by atomic mass is 10.1. The number of hydrogen-bond donors (Lipinski definition) is 1. The molecule has 0 aromatic heterocycles. The summed E-state index contributed by atoms with van der Waals surface area (Å²) < 4.78 is 10.6. The summed E-state index contributed by atoms with van der Waals surface area (Å²) >= 11 is 0. The number of anilines is 2. The number of carbonyl (C=O) groups is 1. The van der Waals surface area contributed by atoms with E-state index in [1.807, 2.05) is 12.1 Å². The van der Waals surface area contributed by atoms with Gasteiger partial charge < -0.3 is 14.4 Å². The Labute approximate surface area is 167 Å². The summed E-state index contributed by atoms with van der Waals surface area (Å²) in [5, 5.41) is 2.73. The van der Waals surface area contributed by atoms with Crippen LogP contribution in [0.2, 0.25) is 0 Å². The van der Waals surface area contributed by atoms with E-state index in [0.717, 1.165) is 32.7 Å². The number of hydrogen-bond acceptors (Lipinski definition) is 5. The van der Waals surface area contributed by atoms with E-state index in [0.29, 0.717) is 18.0 Å². The SMILES string of the molecule is COc1ccccc1NC(=O)OCCN1CCN(c2cc(C)ccc2C)CC1. The number of para-hydroxylation sites is 2. The second kappa shape index (κ2) is 9.46. The molecule has 1 aliphatic rings. The van der Waals surface area contributed by atoms with Crippen molar-refractivity contribution >= 4 is 17.5 Å². The Hall–Kier alpha value is -2.73. The predicted octanol–water partition coefficient (Wildman–Crippen LogP) is 3.68. The van der Waals surface area contributed by atoms with E-state index >= 15 is 0 Å². The van der Waals surface area contributed by atoms with E-state index in [1.165, 1.54) is 16.8 Å². The normalized spacial score (nSPS) is 14.6. The average molecular weight is 383 g/mol. The van der Waals surface area contributed by atoms with Gasteiger partial charge in [0.1, 0.15) is 12.4 Å². The Balaban J connectivity index is 1.41. The second-order valence-corrected chi connectivity index (χ2v) is 7.08. The van der Waals surface area contributed by atoms with Gasteiger partial charge in [-0.3, -0.25) is 10.2 Å². The summed E-state index contributed by atoms with van der Waals surface area (Å²) in [4.78, 5) is 16.8. The first kappa shape index (κ1) is 20.0. The van der Waals surface area contributed by atoms with Gasteiger partial charge in [0.2, 0.25) is 0 Å². The summed E-state index contributed by atoms with van der Waals surface area (Å²) in [5.41, 5.74) is 4.54. The van der Waals surface area contributed by atoms with Crippen LogP contribution in [-0.4, -0.2) is 57.4 Å². The molecule has 0 spiro atoms. The van der Waals surface area contributed by atoms with Crippen LogP contribution in [0.5, 0.6) is 5.75 Å². The van der Waals surface area contributed by atoms with E-state index < -0.39 is 6.09 Å². The molecule has 1 aliphatic heterocycles. The van der Waals surface area contributed by atoms with Crippen LogP contribution >= 0.6 is 0 Å². The molecular weight excluding hydrogens is 354 g/mol. The molecule has 1 amide bonds. The zero-order chi connectivity index (χ0) is 19.9. The van der Waals surface area contributed by atoms with Crippen molar-refractivity contribution in [2.45, 2.75) is 13.8 Å². The minimum Gasteiger partial charge on any atom is -0.495 e. The summed E-state index contributed by atoms with van der Waals surface area (Å²) in [5.74, 6) is 0.613. The van der Waals surface area contributed by atoms with Gasteiger partial charge in [0.15, 0.2) is 0 Å². The summed E-state index contributed by atoms with van der Waals surface area (Å²) in [7, 11) is 1.57. The predicted molar refractivity (Wildman–Crippen MR) is 113 cm³/mol. The fourth-order valence-electron chi connectivity index (χ4n) is 3.43. The molecule has 1 N–H and O–H groups in total. The van der Waals surface area contributed by atoms with E-state index in [9.17, 15) is 4.79 Å². The maximum absolute atomic E-state index is 12.0. The van der Waals surface area contributed by atoms with E-state index in [2.05, 4.69) is 47.2 Å². The zero-order valence-electron chi connectivity index (χ0n) is 16.9. The van der Waals surface area contributed by atoms with E-state index in [-0.39, 0.29) is 0 Å². The first-order valence-corrected chi connectivity index (χ1v) is 9.68. The molecule has 2 aromatic carbocycles. The number of ether oxygens (including phenoxy) is 2. The molecule has 0 saturated carbocycles. The van der Waals surface area contributed by atoms with Crippen LogP contribution in [0.15, 0.2) is 42.5 Å². The molecule has 150 valence electrons. The number of nitrogens with zero attached hydrogens (tertiary/aromatic N) is 2. The molecule has 3 rings (SSSR count). The maximum Gasteiger partial charge on any atom is 0.411 e. The number of amides is 1. The molecule has 6 nitrogen and oxygen atoms in total. The Morgan fingerprint density at radius 3 is 2.57 bits per heavy atom. The van der Waals surface area contributed by atoms with Crippen molar-refractivity contribution in [3.63, 3.8) is 0 Å². The number of nitrogens with one attached hydrogen (secondary N) is 1. The average Bonchev–Trinajstić information content (AvgIpc) is 2.71. The van der Waals surface area contributed by atoms with Gasteiger partial charge >= 0.3 is 6.09 Å². The molecule has 0 radical (unpaired) electrons. The molecule has 0 aliphatic carbocycles. The van der Waals surface area contributed by atoms with Crippen LogP contribution in [0.3, 0.4) is 0 Å². The van der Waals surface area contributed by atoms with Crippen LogP contribution in [0.4, 0.5) is 16.2 Å². The molecule has 0 atom stereocenters. The molecular formula is C22H29N3O3. The highest BCUT2D eigenvalue weighted by atomic mass is 16.5. The number of piperazine rings is 1. The smallest absolute Gasteiger partial charge is 0.411 e. The van der Waals surface area contributed by atoms with Gasteiger partial charge in [-0.05, 0) is 43.2 Å². The highest BCUT2D eigenvalue weighted by molar-refractivity contribution is 5.86. The molecule has 1 fully saturated rings. The van der Waals surface area contributed by atoms with Crippen molar-refractivity contribution < 1.29 is 14.3 Å². The second-order valence-electron chi connectivity index (χ2n) is 7.08. The standard InChI is InChI=1S/C22H29N3O3/c1-17-8-9-18(2)20(16-17)25-12-10-24(11-13-25)14-15-28-22(26)23-19-6-4-5-7-21(19)27-3/h4-9,16H,10-15H2,1-3H3,(H,23,26). The fraction of sp³-hybridized carbons (Fsp3) is 0.409. The van der Waals surface area contributed by atoms with Gasteiger partial charge in [-0.25, -0.2) is 4.79 Å². The molecule has 6 heteroatoms. The third kappa shape index (κ3) is 5.16. The number of methoxy groups -OCH3 is 1. The topological polar surface area (TPSA) is 54.0 Å². The van der Waals surface area contributed by atoms with Gasteiger partial charge in [-0.1, -0.05) is 24.3 Å². The highest BCUT2D eigenvalue weighted by Gasteiger charge is 2.18. The minimum atomic E-state index is -0.460. The first-order chi connectivity index (χ1) is 13.6. The summed E-state index contributed by atoms with van der Waals surface area (Å²) in [6.07, 6.45) is -0.460. The van der Waals surface area contributed by atoms with Crippen LogP contribution in [0, 0.1) is 13.8 Å². The molecule has 2 aromatic rings. The number of benzene rings is 2. The van der Waals surface area contributed by atoms with Crippen molar-refractivity contribution in [2.24, 2.45) is 0 Å². The van der Waals surface area contributed by atoms with Crippen LogP contribution in [0.25, 0.3) is 0 Å². The highest BCUT2D eigenvalue weighted by Crippen LogP contribution is 2.24. The lowest BCUT2D eigenvalue weighted by molar-refractivity contribution is 0.137. The summed E-state index contributed by atoms with van der Waals surface area (Å²) in [6, 6.07) is 13.9. The van der Waals surface area contributed by atoms with Gasteiger partial charge in [-0.15, -0.1) is 0 Å². The molecule has 1 saturated heterocycles. The van der Waals surface area contributed by atoms with Crippen molar-refractivity contribution in [2.75, 3.05) is 56.7 Å². The lowest BCUT2D eigenvalue weighted by Crippen LogP contribution is -2.47. The minimum absolute atomic E-state index is 0.366. The van der Waals surface area contributed by atoms with Gasteiger partial charge in [0, 0.05) is 38.4 Å². The van der Waals surface area contributed by atoms with Gasteiger partial charge in [-0.2, -0.15) is 0 Å². The van der Waals surface area contributed by atoms with Gasteiger partial charge in [0.05, 0.1) is 12.8 Å². The third-order valence-corrected chi connectivity index (χ3v) is 5.06. The molecule has 0 unspecified atom stereocenters. The lowest BCUT2D eigenvalue weighted by Gasteiger charge is -2.36. The number of carbonyl (C=O) groups excluding carboxylic acids is 1. The zero-order valence-corrected chi connectivity index (χ0v) is 16.9. The third-order valence-electron chi connectivity index (χ3n) is 5.06. The van der Waals surface area contributed by atoms with Gasteiger partial charge in [0.25, 0.3) is 0 Å². The Morgan fingerprint density at radius 1 is 1.07 bits per heavy atom. The first-order valence-electron chi connectivity index (χ1n) is 9.68. The van der Waals surface area contributed by atoms with Crippen molar-refractivity contribution in [3.8, 4) is 5.75 Å². The Morgan fingerprint density at radius 2 is 1.82 bits per heavy atom. The van der Waals surface area contributed by atoms with Crippen LogP contribution in [0.1, 0.15) is 11.1 Å². The molecule has 1 heterocycles. The monoisotopic (exact) mass is 383 g/mol. The van der Waals surface area contributed by atoms with E-state index in [1.54, 1.807) is 19.2 Å². The maximum atomic E-state index is 12.0. The van der Waals surface area contributed by atoms with Crippen LogP contribution < -0.4 is 15.0 Å². The van der Waals surface area contributed by atoms with Crippen molar-refractivity contribution in [3.05, 3.63) is 53.6 Å². The van der Waals surface area contributed by atoms with Crippen LogP contribution in [-0.2, 0) is 4.74 Å². The van der Waals surface area contributed by atoms with E-state index in [4.69, 9.17) is 9.47 Å². The quantitative estimate of drug-likeness (QED) is 0.825.